The predicted octanol–water partition coefficient (Wildman–Crippen LogP) is 3.23. The fraction of sp³-hybridized carbons (Fsp3) is 0.647. The van der Waals surface area contributed by atoms with Gasteiger partial charge in [-0.2, -0.15) is 0 Å². The van der Waals surface area contributed by atoms with Gasteiger partial charge >= 0.3 is 0 Å². The number of nitrogens with zero attached hydrogens (tertiary/aromatic N) is 2. The van der Waals surface area contributed by atoms with E-state index in [1.54, 1.807) is 0 Å². The second-order valence-corrected chi connectivity index (χ2v) is 7.46. The molecule has 1 aromatic carbocycles. The quantitative estimate of drug-likeness (QED) is 0.878. The van der Waals surface area contributed by atoms with Crippen LogP contribution in [0.15, 0.2) is 22.7 Å². The lowest BCUT2D eigenvalue weighted by atomic mass is 10.1. The highest BCUT2D eigenvalue weighted by Gasteiger charge is 2.23. The molecule has 0 radical (unpaired) electrons. The van der Waals surface area contributed by atoms with Crippen LogP contribution in [0.1, 0.15) is 32.3 Å². The summed E-state index contributed by atoms with van der Waals surface area (Å²) in [5.41, 5.74) is 2.84. The standard InChI is InChI=1S/C17H26BrN3/c1-13(2)20-7-9-21(10-8-20)17-11-15(18)4-3-14(17)12-19-16-5-6-16/h3-4,11,13,16,19H,5-10,12H2,1-2H3. The van der Waals surface area contributed by atoms with Gasteiger partial charge in [-0.15, -0.1) is 0 Å². The second kappa shape index (κ2) is 6.67. The van der Waals surface area contributed by atoms with E-state index in [9.17, 15) is 0 Å². The molecule has 0 unspecified atom stereocenters. The van der Waals surface area contributed by atoms with Crippen LogP contribution in [0.2, 0.25) is 0 Å². The molecule has 2 fully saturated rings. The number of rotatable bonds is 5. The summed E-state index contributed by atoms with van der Waals surface area (Å²) >= 11 is 3.63. The zero-order chi connectivity index (χ0) is 14.8. The molecule has 1 heterocycles. The van der Waals surface area contributed by atoms with Crippen molar-refractivity contribution in [3.8, 4) is 0 Å². The Morgan fingerprint density at radius 3 is 2.52 bits per heavy atom. The van der Waals surface area contributed by atoms with Gasteiger partial charge in [0.05, 0.1) is 0 Å². The van der Waals surface area contributed by atoms with Crippen molar-refractivity contribution in [2.45, 2.75) is 45.3 Å². The third-order valence-electron chi connectivity index (χ3n) is 4.59. The number of piperazine rings is 1. The van der Waals surface area contributed by atoms with Crippen molar-refractivity contribution in [1.29, 1.82) is 0 Å². The van der Waals surface area contributed by atoms with Crippen LogP contribution in [-0.2, 0) is 6.54 Å². The van der Waals surface area contributed by atoms with Crippen LogP contribution in [-0.4, -0.2) is 43.2 Å². The van der Waals surface area contributed by atoms with E-state index in [-0.39, 0.29) is 0 Å². The van der Waals surface area contributed by atoms with Gasteiger partial charge in [-0.05, 0) is 44.4 Å². The summed E-state index contributed by atoms with van der Waals surface area (Å²) in [6.45, 7) is 10.2. The SMILES string of the molecule is CC(C)N1CCN(c2cc(Br)ccc2CNC2CC2)CC1. The molecule has 0 spiro atoms. The van der Waals surface area contributed by atoms with E-state index in [1.807, 2.05) is 0 Å². The number of anilines is 1. The van der Waals surface area contributed by atoms with E-state index in [2.05, 4.69) is 63.1 Å². The summed E-state index contributed by atoms with van der Waals surface area (Å²) in [6, 6.07) is 8.14. The third-order valence-corrected chi connectivity index (χ3v) is 5.08. The largest absolute Gasteiger partial charge is 0.369 e. The van der Waals surface area contributed by atoms with Crippen LogP contribution in [0.25, 0.3) is 0 Å². The first-order valence-electron chi connectivity index (χ1n) is 8.14. The first-order valence-corrected chi connectivity index (χ1v) is 8.93. The maximum atomic E-state index is 3.65. The van der Waals surface area contributed by atoms with Crippen LogP contribution < -0.4 is 10.2 Å². The van der Waals surface area contributed by atoms with Gasteiger partial charge in [0.2, 0.25) is 0 Å². The van der Waals surface area contributed by atoms with Crippen LogP contribution >= 0.6 is 15.9 Å². The molecular formula is C17H26BrN3. The molecule has 1 aromatic rings. The maximum absolute atomic E-state index is 3.65. The summed E-state index contributed by atoms with van der Waals surface area (Å²) in [6.07, 6.45) is 2.69. The summed E-state index contributed by atoms with van der Waals surface area (Å²) in [5, 5.41) is 3.65. The van der Waals surface area contributed by atoms with E-state index < -0.39 is 0 Å². The van der Waals surface area contributed by atoms with Gasteiger partial charge < -0.3 is 10.2 Å². The maximum Gasteiger partial charge on any atom is 0.0424 e. The van der Waals surface area contributed by atoms with Gasteiger partial charge in [0, 0.05) is 55.0 Å². The summed E-state index contributed by atoms with van der Waals surface area (Å²) in [5.74, 6) is 0. The second-order valence-electron chi connectivity index (χ2n) is 6.54. The summed E-state index contributed by atoms with van der Waals surface area (Å²) < 4.78 is 1.18. The third kappa shape index (κ3) is 3.99. The van der Waals surface area contributed by atoms with Crippen molar-refractivity contribution in [3.63, 3.8) is 0 Å². The molecule has 1 N–H and O–H groups in total. The highest BCUT2D eigenvalue weighted by molar-refractivity contribution is 9.10. The average Bonchev–Trinajstić information content (AvgIpc) is 3.30. The lowest BCUT2D eigenvalue weighted by Crippen LogP contribution is -2.49. The molecule has 0 aromatic heterocycles. The molecule has 4 heteroatoms. The molecule has 3 nitrogen and oxygen atoms in total. The molecule has 2 aliphatic rings. The minimum absolute atomic E-state index is 0.658. The first-order chi connectivity index (χ1) is 10.1. The Labute approximate surface area is 136 Å². The first kappa shape index (κ1) is 15.3. The molecule has 21 heavy (non-hydrogen) atoms. The van der Waals surface area contributed by atoms with Gasteiger partial charge in [0.25, 0.3) is 0 Å². The molecule has 1 aliphatic heterocycles. The molecule has 0 atom stereocenters. The smallest absolute Gasteiger partial charge is 0.0424 e. The van der Waals surface area contributed by atoms with Gasteiger partial charge in [-0.25, -0.2) is 0 Å². The van der Waals surface area contributed by atoms with E-state index in [0.717, 1.165) is 25.7 Å². The zero-order valence-electron chi connectivity index (χ0n) is 13.1. The number of hydrogen-bond donors (Lipinski definition) is 1. The Bertz CT molecular complexity index is 477. The van der Waals surface area contributed by atoms with Crippen molar-refractivity contribution in [2.75, 3.05) is 31.1 Å². The molecular weight excluding hydrogens is 326 g/mol. The normalized spacial score (nSPS) is 20.3. The number of nitrogens with one attached hydrogen (secondary N) is 1. The Hall–Kier alpha value is -0.580. The monoisotopic (exact) mass is 351 g/mol. The lowest BCUT2D eigenvalue weighted by molar-refractivity contribution is 0.209. The molecule has 1 saturated heterocycles. The summed E-state index contributed by atoms with van der Waals surface area (Å²) in [7, 11) is 0. The molecule has 1 saturated carbocycles. The van der Waals surface area contributed by atoms with Crippen LogP contribution in [0, 0.1) is 0 Å². The minimum Gasteiger partial charge on any atom is -0.369 e. The number of halogens is 1. The van der Waals surface area contributed by atoms with E-state index >= 15 is 0 Å². The lowest BCUT2D eigenvalue weighted by Gasteiger charge is -2.39. The van der Waals surface area contributed by atoms with Crippen molar-refractivity contribution in [3.05, 3.63) is 28.2 Å². The van der Waals surface area contributed by atoms with Crippen molar-refractivity contribution >= 4 is 21.6 Å². The Morgan fingerprint density at radius 2 is 1.90 bits per heavy atom. The fourth-order valence-electron chi connectivity index (χ4n) is 3.00. The predicted molar refractivity (Wildman–Crippen MR) is 92.9 cm³/mol. The van der Waals surface area contributed by atoms with Gasteiger partial charge in [0.1, 0.15) is 0 Å². The van der Waals surface area contributed by atoms with Crippen molar-refractivity contribution in [1.82, 2.24) is 10.2 Å². The molecule has 1 aliphatic carbocycles. The number of hydrogen-bond acceptors (Lipinski definition) is 3. The highest BCUT2D eigenvalue weighted by Crippen LogP contribution is 2.28. The molecule has 0 bridgehead atoms. The van der Waals surface area contributed by atoms with Crippen LogP contribution in [0.4, 0.5) is 5.69 Å². The van der Waals surface area contributed by atoms with Gasteiger partial charge in [-0.3, -0.25) is 4.90 Å². The summed E-state index contributed by atoms with van der Waals surface area (Å²) in [4.78, 5) is 5.12. The number of benzene rings is 1. The molecule has 3 rings (SSSR count). The van der Waals surface area contributed by atoms with E-state index in [1.165, 1.54) is 41.7 Å². The van der Waals surface area contributed by atoms with Crippen LogP contribution in [0.5, 0.6) is 0 Å². The highest BCUT2D eigenvalue weighted by atomic mass is 79.9. The average molecular weight is 352 g/mol. The van der Waals surface area contributed by atoms with Gasteiger partial charge in [0.15, 0.2) is 0 Å². The molecule has 116 valence electrons. The topological polar surface area (TPSA) is 18.5 Å². The Morgan fingerprint density at radius 1 is 1.19 bits per heavy atom. The minimum atomic E-state index is 0.658. The van der Waals surface area contributed by atoms with E-state index in [0.29, 0.717) is 6.04 Å². The Balaban J connectivity index is 1.69. The van der Waals surface area contributed by atoms with Crippen molar-refractivity contribution in [2.24, 2.45) is 0 Å². The zero-order valence-corrected chi connectivity index (χ0v) is 14.7. The van der Waals surface area contributed by atoms with Gasteiger partial charge in [-0.1, -0.05) is 22.0 Å². The fourth-order valence-corrected chi connectivity index (χ4v) is 3.35. The van der Waals surface area contributed by atoms with Crippen molar-refractivity contribution < 1.29 is 0 Å². The van der Waals surface area contributed by atoms with Crippen LogP contribution in [0.3, 0.4) is 0 Å². The Kier molecular flexibility index (Phi) is 4.87. The van der Waals surface area contributed by atoms with E-state index in [4.69, 9.17) is 0 Å². The molecule has 0 amide bonds.